The van der Waals surface area contributed by atoms with Crippen molar-refractivity contribution >= 4 is 34.1 Å². The second-order valence-corrected chi connectivity index (χ2v) is 6.72. The van der Waals surface area contributed by atoms with E-state index in [4.69, 9.17) is 16.3 Å². The van der Waals surface area contributed by atoms with Gasteiger partial charge in [-0.1, -0.05) is 17.7 Å². The van der Waals surface area contributed by atoms with Crippen molar-refractivity contribution in [3.8, 4) is 0 Å². The van der Waals surface area contributed by atoms with Gasteiger partial charge in [0.15, 0.2) is 0 Å². The monoisotopic (exact) mass is 358 g/mol. The Morgan fingerprint density at radius 1 is 1.40 bits per heavy atom. The lowest BCUT2D eigenvalue weighted by atomic mass is 10.2. The third kappa shape index (κ3) is 3.70. The average molecular weight is 359 g/mol. The van der Waals surface area contributed by atoms with Crippen molar-refractivity contribution in [1.29, 1.82) is 0 Å². The highest BCUT2D eigenvalue weighted by Crippen LogP contribution is 2.20. The number of ether oxygens (including phenoxy) is 1. The summed E-state index contributed by atoms with van der Waals surface area (Å²) in [7, 11) is 0. The minimum atomic E-state index is -0.103. The minimum Gasteiger partial charge on any atom is -0.376 e. The van der Waals surface area contributed by atoms with Crippen LogP contribution in [0.4, 0.5) is 5.69 Å². The molecule has 1 amide bonds. The van der Waals surface area contributed by atoms with Crippen molar-refractivity contribution in [2.24, 2.45) is 0 Å². The number of amides is 1. The Morgan fingerprint density at radius 3 is 3.16 bits per heavy atom. The van der Waals surface area contributed by atoms with Gasteiger partial charge in [-0.15, -0.1) is 0 Å². The maximum atomic E-state index is 12.3. The van der Waals surface area contributed by atoms with Crippen LogP contribution in [-0.2, 0) is 22.6 Å². The number of benzene rings is 1. The molecule has 3 heterocycles. The van der Waals surface area contributed by atoms with Gasteiger partial charge in [-0.25, -0.2) is 0 Å². The van der Waals surface area contributed by atoms with E-state index in [1.54, 1.807) is 6.20 Å². The maximum Gasteiger partial charge on any atom is 0.244 e. The highest BCUT2D eigenvalue weighted by atomic mass is 35.5. The van der Waals surface area contributed by atoms with Crippen LogP contribution in [-0.4, -0.2) is 33.0 Å². The molecule has 6 nitrogen and oxygen atoms in total. The maximum absolute atomic E-state index is 12.3. The molecule has 2 aromatic heterocycles. The van der Waals surface area contributed by atoms with Gasteiger partial charge < -0.3 is 14.6 Å². The number of hydrogen-bond acceptors (Lipinski definition) is 3. The molecule has 1 unspecified atom stereocenters. The third-order valence-corrected chi connectivity index (χ3v) is 4.62. The van der Waals surface area contributed by atoms with E-state index < -0.39 is 0 Å². The molecular weight excluding hydrogens is 340 g/mol. The van der Waals surface area contributed by atoms with Crippen LogP contribution in [0.2, 0.25) is 5.02 Å². The minimum absolute atomic E-state index is 0.103. The predicted octanol–water partition coefficient (Wildman–Crippen LogP) is 3.31. The van der Waals surface area contributed by atoms with Crippen LogP contribution in [0, 0.1) is 0 Å². The largest absolute Gasteiger partial charge is 0.376 e. The highest BCUT2D eigenvalue weighted by molar-refractivity contribution is 6.31. The molecule has 1 saturated heterocycles. The standard InChI is InChI=1S/C18H19ClN4O2/c19-14-4-3-13-5-6-22(17(13)8-14)12-18(24)21-15-9-20-23(10-15)11-16-2-1-7-25-16/h3-6,8-10,16H,1-2,7,11-12H2,(H,21,24). The summed E-state index contributed by atoms with van der Waals surface area (Å²) in [6.45, 7) is 1.77. The first kappa shape index (κ1) is 16.2. The van der Waals surface area contributed by atoms with Crippen LogP contribution in [0.1, 0.15) is 12.8 Å². The zero-order valence-corrected chi connectivity index (χ0v) is 14.4. The van der Waals surface area contributed by atoms with Crippen molar-refractivity contribution in [1.82, 2.24) is 14.3 Å². The number of aromatic nitrogens is 3. The van der Waals surface area contributed by atoms with Gasteiger partial charge in [0.05, 0.1) is 24.5 Å². The summed E-state index contributed by atoms with van der Waals surface area (Å²) in [6.07, 6.45) is 7.78. The lowest BCUT2D eigenvalue weighted by Gasteiger charge is -2.08. The molecule has 0 spiro atoms. The summed E-state index contributed by atoms with van der Waals surface area (Å²) in [5.74, 6) is -0.103. The molecule has 25 heavy (non-hydrogen) atoms. The normalized spacial score (nSPS) is 17.2. The fourth-order valence-corrected chi connectivity index (χ4v) is 3.34. The van der Waals surface area contributed by atoms with Crippen molar-refractivity contribution in [2.45, 2.75) is 32.0 Å². The Bertz CT molecular complexity index is 896. The first-order chi connectivity index (χ1) is 12.2. The van der Waals surface area contributed by atoms with E-state index in [1.165, 1.54) is 0 Å². The molecule has 0 radical (unpaired) electrons. The molecule has 130 valence electrons. The number of rotatable bonds is 5. The summed E-state index contributed by atoms with van der Waals surface area (Å²) in [5, 5.41) is 8.89. The van der Waals surface area contributed by atoms with E-state index in [9.17, 15) is 4.79 Å². The molecule has 0 aliphatic carbocycles. The topological polar surface area (TPSA) is 61.1 Å². The van der Waals surface area contributed by atoms with Crippen LogP contribution >= 0.6 is 11.6 Å². The molecule has 0 saturated carbocycles. The van der Waals surface area contributed by atoms with Crippen LogP contribution < -0.4 is 5.32 Å². The molecule has 1 fully saturated rings. The van der Waals surface area contributed by atoms with Crippen molar-refractivity contribution < 1.29 is 9.53 Å². The number of carbonyl (C=O) groups excluding carboxylic acids is 1. The number of anilines is 1. The molecule has 1 aliphatic rings. The number of fused-ring (bicyclic) bond motifs is 1. The Balaban J connectivity index is 1.40. The van der Waals surface area contributed by atoms with Crippen molar-refractivity contribution in [2.75, 3.05) is 11.9 Å². The van der Waals surface area contributed by atoms with E-state index >= 15 is 0 Å². The first-order valence-electron chi connectivity index (χ1n) is 8.36. The lowest BCUT2D eigenvalue weighted by molar-refractivity contribution is -0.116. The SMILES string of the molecule is O=C(Cn1ccc2ccc(Cl)cc21)Nc1cnn(CC2CCCO2)c1. The number of nitrogens with zero attached hydrogens (tertiary/aromatic N) is 3. The van der Waals surface area contributed by atoms with Gasteiger partial charge in [0.25, 0.3) is 0 Å². The Labute approximate surface area is 150 Å². The van der Waals surface area contributed by atoms with Crippen LogP contribution in [0.3, 0.4) is 0 Å². The Kier molecular flexibility index (Phi) is 4.46. The van der Waals surface area contributed by atoms with Crippen LogP contribution in [0.15, 0.2) is 42.9 Å². The second-order valence-electron chi connectivity index (χ2n) is 6.28. The lowest BCUT2D eigenvalue weighted by Crippen LogP contribution is -2.18. The molecular formula is C18H19ClN4O2. The first-order valence-corrected chi connectivity index (χ1v) is 8.73. The smallest absolute Gasteiger partial charge is 0.244 e. The molecule has 0 bridgehead atoms. The summed E-state index contributed by atoms with van der Waals surface area (Å²) in [5.41, 5.74) is 1.63. The molecule has 3 aromatic rings. The van der Waals surface area contributed by atoms with Crippen molar-refractivity contribution in [3.63, 3.8) is 0 Å². The van der Waals surface area contributed by atoms with E-state index in [-0.39, 0.29) is 18.6 Å². The number of nitrogens with one attached hydrogen (secondary N) is 1. The third-order valence-electron chi connectivity index (χ3n) is 4.38. The summed E-state index contributed by atoms with van der Waals surface area (Å²) >= 11 is 6.05. The van der Waals surface area contributed by atoms with Gasteiger partial charge in [0, 0.05) is 29.5 Å². The van der Waals surface area contributed by atoms with Crippen molar-refractivity contribution in [3.05, 3.63) is 47.9 Å². The quantitative estimate of drug-likeness (QED) is 0.761. The number of carbonyl (C=O) groups is 1. The highest BCUT2D eigenvalue weighted by Gasteiger charge is 2.16. The second kappa shape index (κ2) is 6.90. The Morgan fingerprint density at radius 2 is 2.32 bits per heavy atom. The number of halogens is 1. The molecule has 1 N–H and O–H groups in total. The zero-order chi connectivity index (χ0) is 17.2. The molecule has 1 aliphatic heterocycles. The van der Waals surface area contributed by atoms with Gasteiger partial charge in [-0.3, -0.25) is 9.48 Å². The molecule has 1 aromatic carbocycles. The van der Waals surface area contributed by atoms with E-state index in [0.29, 0.717) is 10.7 Å². The fraction of sp³-hybridized carbons (Fsp3) is 0.333. The predicted molar refractivity (Wildman–Crippen MR) is 96.8 cm³/mol. The van der Waals surface area contributed by atoms with Gasteiger partial charge >= 0.3 is 0 Å². The summed E-state index contributed by atoms with van der Waals surface area (Å²) in [4.78, 5) is 12.3. The van der Waals surface area contributed by atoms with E-state index in [1.807, 2.05) is 45.9 Å². The van der Waals surface area contributed by atoms with Gasteiger partial charge in [0.1, 0.15) is 6.54 Å². The summed E-state index contributed by atoms with van der Waals surface area (Å²) < 4.78 is 9.30. The van der Waals surface area contributed by atoms with Gasteiger partial charge in [-0.05, 0) is 36.4 Å². The van der Waals surface area contributed by atoms with E-state index in [0.717, 1.165) is 36.9 Å². The summed E-state index contributed by atoms with van der Waals surface area (Å²) in [6, 6.07) is 7.63. The van der Waals surface area contributed by atoms with Crippen LogP contribution in [0.25, 0.3) is 10.9 Å². The molecule has 4 rings (SSSR count). The van der Waals surface area contributed by atoms with Gasteiger partial charge in [0.2, 0.25) is 5.91 Å². The van der Waals surface area contributed by atoms with E-state index in [2.05, 4.69) is 10.4 Å². The average Bonchev–Trinajstić information content (AvgIpc) is 3.31. The fourth-order valence-electron chi connectivity index (χ4n) is 3.18. The molecule has 7 heteroatoms. The Hall–Kier alpha value is -2.31. The van der Waals surface area contributed by atoms with Crippen LogP contribution in [0.5, 0.6) is 0 Å². The molecule has 1 atom stereocenters. The number of hydrogen-bond donors (Lipinski definition) is 1. The zero-order valence-electron chi connectivity index (χ0n) is 13.7. The van der Waals surface area contributed by atoms with Gasteiger partial charge in [-0.2, -0.15) is 5.10 Å².